The summed E-state index contributed by atoms with van der Waals surface area (Å²) in [4.78, 5) is 14.9. The summed E-state index contributed by atoms with van der Waals surface area (Å²) in [7, 11) is 0. The number of hydrogen-bond donors (Lipinski definition) is 0. The van der Waals surface area contributed by atoms with E-state index in [-0.39, 0.29) is 11.8 Å². The molecule has 0 saturated carbocycles. The van der Waals surface area contributed by atoms with Gasteiger partial charge in [0.2, 0.25) is 5.91 Å². The highest BCUT2D eigenvalue weighted by Gasteiger charge is 2.31. The summed E-state index contributed by atoms with van der Waals surface area (Å²) in [6, 6.07) is 5.91. The van der Waals surface area contributed by atoms with Crippen molar-refractivity contribution in [2.75, 3.05) is 39.5 Å². The first-order valence-electron chi connectivity index (χ1n) is 8.96. The van der Waals surface area contributed by atoms with Gasteiger partial charge in [-0.1, -0.05) is 12.1 Å². The highest BCUT2D eigenvalue weighted by Crippen LogP contribution is 2.36. The quantitative estimate of drug-likeness (QED) is 0.803. The van der Waals surface area contributed by atoms with Crippen molar-refractivity contribution in [3.05, 3.63) is 23.8 Å². The van der Waals surface area contributed by atoms with Crippen molar-refractivity contribution in [2.24, 2.45) is 11.8 Å². The molecule has 1 saturated heterocycles. The van der Waals surface area contributed by atoms with Crippen LogP contribution < -0.4 is 9.47 Å². The SMILES string of the molecule is CCOc1cccc2c1OC[C@H](C(=O)N(CC)C[C@@H]1CCOC1)C2. The molecule has 3 rings (SSSR count). The summed E-state index contributed by atoms with van der Waals surface area (Å²) < 4.78 is 17.0. The first-order chi connectivity index (χ1) is 11.7. The van der Waals surface area contributed by atoms with Crippen molar-refractivity contribution in [3.63, 3.8) is 0 Å². The fourth-order valence-electron chi connectivity index (χ4n) is 3.49. The minimum atomic E-state index is -0.114. The molecule has 1 fully saturated rings. The van der Waals surface area contributed by atoms with Crippen LogP contribution in [0.5, 0.6) is 11.5 Å². The molecular weight excluding hydrogens is 306 g/mol. The van der Waals surface area contributed by atoms with E-state index in [2.05, 4.69) is 0 Å². The zero-order valence-corrected chi connectivity index (χ0v) is 14.6. The lowest BCUT2D eigenvalue weighted by Crippen LogP contribution is -2.43. The fourth-order valence-corrected chi connectivity index (χ4v) is 3.49. The molecule has 0 aromatic heterocycles. The molecule has 0 spiro atoms. The number of fused-ring (bicyclic) bond motifs is 1. The van der Waals surface area contributed by atoms with Crippen LogP contribution in [0.4, 0.5) is 0 Å². The standard InChI is InChI=1S/C19H27NO4/c1-3-20(11-14-8-9-22-12-14)19(21)16-10-15-6-5-7-17(23-4-2)18(15)24-13-16/h5-7,14,16H,3-4,8-13H2,1-2H3/t14-,16+/m0/s1. The van der Waals surface area contributed by atoms with Crippen molar-refractivity contribution in [1.29, 1.82) is 0 Å². The van der Waals surface area contributed by atoms with Crippen LogP contribution in [-0.4, -0.2) is 50.3 Å². The molecule has 2 heterocycles. The van der Waals surface area contributed by atoms with Crippen LogP contribution >= 0.6 is 0 Å². The highest BCUT2D eigenvalue weighted by molar-refractivity contribution is 5.80. The van der Waals surface area contributed by atoms with Crippen molar-refractivity contribution < 1.29 is 19.0 Å². The van der Waals surface area contributed by atoms with Crippen LogP contribution in [0.25, 0.3) is 0 Å². The Balaban J connectivity index is 1.67. The van der Waals surface area contributed by atoms with E-state index in [1.807, 2.05) is 36.9 Å². The first-order valence-corrected chi connectivity index (χ1v) is 8.96. The first kappa shape index (κ1) is 17.1. The van der Waals surface area contributed by atoms with Gasteiger partial charge in [-0.2, -0.15) is 0 Å². The van der Waals surface area contributed by atoms with E-state index >= 15 is 0 Å². The van der Waals surface area contributed by atoms with Crippen molar-refractivity contribution in [2.45, 2.75) is 26.7 Å². The Bertz CT molecular complexity index is 568. The number of ether oxygens (including phenoxy) is 3. The summed E-state index contributed by atoms with van der Waals surface area (Å²) in [5, 5.41) is 0. The Morgan fingerprint density at radius 3 is 2.92 bits per heavy atom. The number of rotatable bonds is 6. The smallest absolute Gasteiger partial charge is 0.229 e. The van der Waals surface area contributed by atoms with Crippen molar-refractivity contribution in [3.8, 4) is 11.5 Å². The fraction of sp³-hybridized carbons (Fsp3) is 0.632. The Morgan fingerprint density at radius 1 is 1.33 bits per heavy atom. The van der Waals surface area contributed by atoms with Gasteiger partial charge in [-0.25, -0.2) is 0 Å². The molecule has 1 aromatic rings. The van der Waals surface area contributed by atoms with Gasteiger partial charge < -0.3 is 19.1 Å². The second-order valence-electron chi connectivity index (χ2n) is 6.50. The minimum Gasteiger partial charge on any atom is -0.490 e. The van der Waals surface area contributed by atoms with E-state index in [0.29, 0.717) is 25.6 Å². The van der Waals surface area contributed by atoms with Crippen molar-refractivity contribution in [1.82, 2.24) is 4.90 Å². The maximum atomic E-state index is 12.9. The minimum absolute atomic E-state index is 0.114. The Labute approximate surface area is 143 Å². The largest absolute Gasteiger partial charge is 0.490 e. The molecule has 2 aliphatic rings. The lowest BCUT2D eigenvalue weighted by Gasteiger charge is -2.31. The van der Waals surface area contributed by atoms with Gasteiger partial charge in [0.25, 0.3) is 0 Å². The number of nitrogens with zero attached hydrogens (tertiary/aromatic N) is 1. The average molecular weight is 333 g/mol. The van der Waals surface area contributed by atoms with E-state index in [1.165, 1.54) is 0 Å². The van der Waals surface area contributed by atoms with Gasteiger partial charge in [0.05, 0.1) is 19.1 Å². The molecule has 24 heavy (non-hydrogen) atoms. The summed E-state index contributed by atoms with van der Waals surface area (Å²) >= 11 is 0. The van der Waals surface area contributed by atoms with Crippen LogP contribution in [0.2, 0.25) is 0 Å². The van der Waals surface area contributed by atoms with Crippen LogP contribution in [0, 0.1) is 11.8 Å². The third kappa shape index (κ3) is 3.66. The van der Waals surface area contributed by atoms with Gasteiger partial charge in [0.15, 0.2) is 11.5 Å². The molecule has 0 N–H and O–H groups in total. The zero-order valence-electron chi connectivity index (χ0n) is 14.6. The molecule has 0 bridgehead atoms. The molecular formula is C19H27NO4. The number of amides is 1. The number of para-hydroxylation sites is 1. The van der Waals surface area contributed by atoms with E-state index in [0.717, 1.165) is 49.8 Å². The van der Waals surface area contributed by atoms with Gasteiger partial charge in [0, 0.05) is 25.6 Å². The summed E-state index contributed by atoms with van der Waals surface area (Å²) in [6.07, 6.45) is 1.76. The monoisotopic (exact) mass is 333 g/mol. The van der Waals surface area contributed by atoms with Crippen molar-refractivity contribution >= 4 is 5.91 Å². The predicted molar refractivity (Wildman–Crippen MR) is 91.5 cm³/mol. The molecule has 1 aromatic carbocycles. The molecule has 1 amide bonds. The highest BCUT2D eigenvalue weighted by atomic mass is 16.5. The molecule has 0 unspecified atom stereocenters. The second-order valence-corrected chi connectivity index (χ2v) is 6.50. The third-order valence-electron chi connectivity index (χ3n) is 4.80. The van der Waals surface area contributed by atoms with Gasteiger partial charge in [-0.3, -0.25) is 4.79 Å². The zero-order chi connectivity index (χ0) is 16.9. The third-order valence-corrected chi connectivity index (χ3v) is 4.80. The molecule has 0 radical (unpaired) electrons. The molecule has 5 heteroatoms. The summed E-state index contributed by atoms with van der Waals surface area (Å²) in [5.74, 6) is 2.12. The van der Waals surface area contributed by atoms with Gasteiger partial charge in [0.1, 0.15) is 6.61 Å². The molecule has 132 valence electrons. The van der Waals surface area contributed by atoms with Crippen LogP contribution in [0.1, 0.15) is 25.8 Å². The molecule has 5 nitrogen and oxygen atoms in total. The molecule has 2 atom stereocenters. The molecule has 2 aliphatic heterocycles. The maximum absolute atomic E-state index is 12.9. The Kier molecular flexibility index (Phi) is 5.61. The normalized spacial score (nSPS) is 22.6. The predicted octanol–water partition coefficient (Wildman–Crippen LogP) is 2.52. The van der Waals surface area contributed by atoms with E-state index in [1.54, 1.807) is 0 Å². The number of hydrogen-bond acceptors (Lipinski definition) is 4. The van der Waals surface area contributed by atoms with E-state index in [9.17, 15) is 4.79 Å². The Hall–Kier alpha value is -1.75. The van der Waals surface area contributed by atoms with Crippen LogP contribution in [0.15, 0.2) is 18.2 Å². The summed E-state index contributed by atoms with van der Waals surface area (Å²) in [5.41, 5.74) is 1.06. The van der Waals surface area contributed by atoms with Crippen LogP contribution in [0.3, 0.4) is 0 Å². The number of carbonyl (C=O) groups is 1. The lowest BCUT2D eigenvalue weighted by atomic mass is 9.94. The maximum Gasteiger partial charge on any atom is 0.229 e. The van der Waals surface area contributed by atoms with Gasteiger partial charge in [-0.05, 0) is 38.3 Å². The average Bonchev–Trinajstić information content (AvgIpc) is 3.12. The summed E-state index contributed by atoms with van der Waals surface area (Å²) in [6.45, 7) is 8.14. The number of carbonyl (C=O) groups excluding carboxylic acids is 1. The van der Waals surface area contributed by atoms with Gasteiger partial charge in [-0.15, -0.1) is 0 Å². The number of benzene rings is 1. The second kappa shape index (κ2) is 7.88. The lowest BCUT2D eigenvalue weighted by molar-refractivity contribution is -0.137. The van der Waals surface area contributed by atoms with Gasteiger partial charge >= 0.3 is 0 Å². The Morgan fingerprint density at radius 2 is 2.21 bits per heavy atom. The molecule has 0 aliphatic carbocycles. The van der Waals surface area contributed by atoms with E-state index in [4.69, 9.17) is 14.2 Å². The topological polar surface area (TPSA) is 48.0 Å². The van der Waals surface area contributed by atoms with Crippen LogP contribution in [-0.2, 0) is 16.0 Å². The van der Waals surface area contributed by atoms with E-state index < -0.39 is 0 Å².